The Morgan fingerprint density at radius 1 is 1.35 bits per heavy atom. The lowest BCUT2D eigenvalue weighted by atomic mass is 9.96. The smallest absolute Gasteiger partial charge is 0.239 e. The topological polar surface area (TPSA) is 70.4 Å². The number of imidazole rings is 1. The molecule has 140 valence electrons. The van der Waals surface area contributed by atoms with E-state index in [2.05, 4.69) is 41.9 Å². The average molecular weight is 356 g/mol. The molecule has 0 saturated carbocycles. The number of rotatable bonds is 3. The number of nitrogens with zero attached hydrogens (tertiary/aromatic N) is 3. The van der Waals surface area contributed by atoms with Gasteiger partial charge in [0.15, 0.2) is 0 Å². The van der Waals surface area contributed by atoms with Crippen molar-refractivity contribution in [3.05, 3.63) is 30.1 Å². The van der Waals surface area contributed by atoms with Crippen LogP contribution in [0.2, 0.25) is 0 Å². The first-order valence-corrected chi connectivity index (χ1v) is 9.71. The lowest BCUT2D eigenvalue weighted by molar-refractivity contribution is -0.134. The normalized spacial score (nSPS) is 26.8. The van der Waals surface area contributed by atoms with Crippen LogP contribution in [0.4, 0.5) is 0 Å². The molecule has 2 aliphatic rings. The number of aromatic nitrogens is 2. The average Bonchev–Trinajstić information content (AvgIpc) is 3.24. The van der Waals surface area contributed by atoms with Crippen LogP contribution in [0.25, 0.3) is 11.0 Å². The molecule has 0 radical (unpaired) electrons. The van der Waals surface area contributed by atoms with Gasteiger partial charge in [-0.15, -0.1) is 0 Å². The first-order chi connectivity index (χ1) is 12.5. The number of hydrogen-bond acceptors (Lipinski definition) is 4. The molecule has 2 aliphatic heterocycles. The van der Waals surface area contributed by atoms with E-state index < -0.39 is 6.10 Å². The van der Waals surface area contributed by atoms with Gasteiger partial charge in [0, 0.05) is 31.6 Å². The van der Waals surface area contributed by atoms with E-state index in [9.17, 15) is 9.90 Å². The van der Waals surface area contributed by atoms with Gasteiger partial charge in [-0.05, 0) is 45.2 Å². The molecule has 1 amide bonds. The maximum atomic E-state index is 12.8. The predicted octanol–water partition coefficient (Wildman–Crippen LogP) is 2.05. The highest BCUT2D eigenvalue weighted by Gasteiger charge is 2.35. The largest absolute Gasteiger partial charge is 0.392 e. The van der Waals surface area contributed by atoms with E-state index in [1.807, 2.05) is 11.0 Å². The number of amides is 1. The van der Waals surface area contributed by atoms with Gasteiger partial charge >= 0.3 is 0 Å². The molecule has 1 aromatic carbocycles. The second-order valence-corrected chi connectivity index (χ2v) is 7.90. The zero-order chi connectivity index (χ0) is 18.3. The zero-order valence-electron chi connectivity index (χ0n) is 15.6. The first-order valence-electron chi connectivity index (χ1n) is 9.71. The minimum absolute atomic E-state index is 0.124. The Hall–Kier alpha value is -1.92. The van der Waals surface area contributed by atoms with Gasteiger partial charge in [0.2, 0.25) is 5.91 Å². The summed E-state index contributed by atoms with van der Waals surface area (Å²) in [5.41, 5.74) is 2.20. The number of benzene rings is 1. The number of carbonyl (C=O) groups is 1. The van der Waals surface area contributed by atoms with E-state index in [4.69, 9.17) is 4.98 Å². The summed E-state index contributed by atoms with van der Waals surface area (Å²) in [6.45, 7) is 6.39. The third kappa shape index (κ3) is 3.12. The van der Waals surface area contributed by atoms with Crippen molar-refractivity contribution in [1.29, 1.82) is 0 Å². The van der Waals surface area contributed by atoms with Gasteiger partial charge in [-0.25, -0.2) is 4.98 Å². The van der Waals surface area contributed by atoms with E-state index in [-0.39, 0.29) is 17.9 Å². The summed E-state index contributed by atoms with van der Waals surface area (Å²) in [6, 6.07) is 8.36. The Morgan fingerprint density at radius 2 is 2.15 bits per heavy atom. The molecule has 6 nitrogen and oxygen atoms in total. The van der Waals surface area contributed by atoms with Crippen LogP contribution < -0.4 is 5.32 Å². The van der Waals surface area contributed by atoms with Crippen molar-refractivity contribution >= 4 is 16.9 Å². The van der Waals surface area contributed by atoms with Crippen molar-refractivity contribution in [2.24, 2.45) is 0 Å². The third-order valence-electron chi connectivity index (χ3n) is 5.64. The highest BCUT2D eigenvalue weighted by Crippen LogP contribution is 2.32. The molecule has 2 aromatic rings. The Bertz CT molecular complexity index is 800. The van der Waals surface area contributed by atoms with Crippen molar-refractivity contribution < 1.29 is 9.90 Å². The van der Waals surface area contributed by atoms with Crippen LogP contribution in [0, 0.1) is 0 Å². The van der Waals surface area contributed by atoms with E-state index >= 15 is 0 Å². The number of fused-ring (bicyclic) bond motifs is 1. The SMILES string of the molecule is CC(C)n1c([C@@H]2CCCN(C(=O)[C@H]3C[C@H](O)CN3)C2)nc2ccccc21. The second kappa shape index (κ2) is 7.00. The lowest BCUT2D eigenvalue weighted by Gasteiger charge is -2.34. The Kier molecular flexibility index (Phi) is 4.71. The molecule has 3 atom stereocenters. The molecule has 2 N–H and O–H groups in total. The van der Waals surface area contributed by atoms with Crippen LogP contribution in [0.3, 0.4) is 0 Å². The van der Waals surface area contributed by atoms with Gasteiger partial charge < -0.3 is 19.9 Å². The molecular weight excluding hydrogens is 328 g/mol. The van der Waals surface area contributed by atoms with Crippen molar-refractivity contribution in [3.8, 4) is 0 Å². The van der Waals surface area contributed by atoms with E-state index in [1.54, 1.807) is 0 Å². The van der Waals surface area contributed by atoms with Gasteiger partial charge in [0.25, 0.3) is 0 Å². The number of hydrogen-bond donors (Lipinski definition) is 2. The summed E-state index contributed by atoms with van der Waals surface area (Å²) in [5.74, 6) is 1.48. The summed E-state index contributed by atoms with van der Waals surface area (Å²) in [7, 11) is 0. The van der Waals surface area contributed by atoms with E-state index in [1.165, 1.54) is 5.52 Å². The van der Waals surface area contributed by atoms with Crippen molar-refractivity contribution in [2.45, 2.75) is 57.2 Å². The molecule has 0 aliphatic carbocycles. The highest BCUT2D eigenvalue weighted by atomic mass is 16.3. The summed E-state index contributed by atoms with van der Waals surface area (Å²) in [6.07, 6.45) is 2.16. The Morgan fingerprint density at radius 3 is 2.88 bits per heavy atom. The van der Waals surface area contributed by atoms with Crippen LogP contribution in [0.15, 0.2) is 24.3 Å². The fraction of sp³-hybridized carbons (Fsp3) is 0.600. The molecular formula is C20H28N4O2. The van der Waals surface area contributed by atoms with Crippen LogP contribution in [-0.4, -0.2) is 57.2 Å². The monoisotopic (exact) mass is 356 g/mol. The Labute approximate surface area is 154 Å². The number of aliphatic hydroxyl groups excluding tert-OH is 1. The molecule has 3 heterocycles. The lowest BCUT2D eigenvalue weighted by Crippen LogP contribution is -2.47. The minimum Gasteiger partial charge on any atom is -0.392 e. The summed E-state index contributed by atoms with van der Waals surface area (Å²) in [5, 5.41) is 12.9. The van der Waals surface area contributed by atoms with Gasteiger partial charge in [0.05, 0.1) is 23.2 Å². The number of para-hydroxylation sites is 2. The van der Waals surface area contributed by atoms with Crippen LogP contribution in [0.1, 0.15) is 50.9 Å². The highest BCUT2D eigenvalue weighted by molar-refractivity contribution is 5.82. The molecule has 2 saturated heterocycles. The predicted molar refractivity (Wildman–Crippen MR) is 101 cm³/mol. The first kappa shape index (κ1) is 17.5. The van der Waals surface area contributed by atoms with Crippen molar-refractivity contribution in [1.82, 2.24) is 19.8 Å². The van der Waals surface area contributed by atoms with Crippen LogP contribution in [0.5, 0.6) is 0 Å². The number of aliphatic hydroxyl groups is 1. The van der Waals surface area contributed by atoms with Gasteiger partial charge in [-0.1, -0.05) is 12.1 Å². The molecule has 6 heteroatoms. The van der Waals surface area contributed by atoms with Crippen molar-refractivity contribution in [2.75, 3.05) is 19.6 Å². The molecule has 4 rings (SSSR count). The van der Waals surface area contributed by atoms with Gasteiger partial charge in [-0.3, -0.25) is 4.79 Å². The molecule has 0 unspecified atom stereocenters. The van der Waals surface area contributed by atoms with Crippen molar-refractivity contribution in [3.63, 3.8) is 0 Å². The standard InChI is InChI=1S/C20H28N4O2/c1-13(2)24-18-8-4-3-7-16(18)22-19(24)14-6-5-9-23(12-14)20(26)17-10-15(25)11-21-17/h3-4,7-8,13-15,17,21,25H,5-6,9-12H2,1-2H3/t14-,15+,17-/m1/s1. The molecule has 2 fully saturated rings. The van der Waals surface area contributed by atoms with Gasteiger partial charge in [-0.2, -0.15) is 0 Å². The van der Waals surface area contributed by atoms with Gasteiger partial charge in [0.1, 0.15) is 5.82 Å². The molecule has 1 aromatic heterocycles. The van der Waals surface area contributed by atoms with E-state index in [0.29, 0.717) is 25.6 Å². The fourth-order valence-electron chi connectivity index (χ4n) is 4.41. The molecule has 0 spiro atoms. The minimum atomic E-state index is -0.408. The Balaban J connectivity index is 1.59. The number of piperidine rings is 1. The number of nitrogens with one attached hydrogen (secondary N) is 1. The van der Waals surface area contributed by atoms with Crippen LogP contribution in [-0.2, 0) is 4.79 Å². The van der Waals surface area contributed by atoms with E-state index in [0.717, 1.165) is 30.7 Å². The number of likely N-dealkylation sites (tertiary alicyclic amines) is 1. The quantitative estimate of drug-likeness (QED) is 0.883. The summed E-state index contributed by atoms with van der Waals surface area (Å²) >= 11 is 0. The third-order valence-corrected chi connectivity index (χ3v) is 5.64. The molecule has 0 bridgehead atoms. The summed E-state index contributed by atoms with van der Waals surface area (Å²) < 4.78 is 2.32. The fourth-order valence-corrected chi connectivity index (χ4v) is 4.41. The second-order valence-electron chi connectivity index (χ2n) is 7.90. The number of β-amino-alcohol motifs (C(OH)–C–C–N with tert-alkyl or cyclic N) is 1. The maximum Gasteiger partial charge on any atom is 0.239 e. The molecule has 26 heavy (non-hydrogen) atoms. The summed E-state index contributed by atoms with van der Waals surface area (Å²) in [4.78, 5) is 19.7. The number of carbonyl (C=O) groups excluding carboxylic acids is 1. The maximum absolute atomic E-state index is 12.8. The zero-order valence-corrected chi connectivity index (χ0v) is 15.6. The van der Waals surface area contributed by atoms with Crippen LogP contribution >= 0.6 is 0 Å².